The monoisotopic (exact) mass is 252 g/mol. The van der Waals surface area contributed by atoms with Gasteiger partial charge >= 0.3 is 0 Å². The molecule has 0 saturated carbocycles. The minimum atomic E-state index is -0.758. The molecule has 100 valence electrons. The summed E-state index contributed by atoms with van der Waals surface area (Å²) in [4.78, 5) is 12.2. The van der Waals surface area contributed by atoms with Crippen LogP contribution in [0.4, 0.5) is 10.1 Å². The highest BCUT2D eigenvalue weighted by Gasteiger charge is 2.40. The molecule has 3 nitrogen and oxygen atoms in total. The van der Waals surface area contributed by atoms with Crippen LogP contribution in [0, 0.1) is 18.2 Å². The predicted octanol–water partition coefficient (Wildman–Crippen LogP) is 2.84. The van der Waals surface area contributed by atoms with E-state index in [0.29, 0.717) is 11.3 Å². The second kappa shape index (κ2) is 4.69. The molecular formula is C14H21FN2O. The van der Waals surface area contributed by atoms with E-state index in [4.69, 9.17) is 5.73 Å². The topological polar surface area (TPSA) is 55.1 Å². The standard InChI is InChI=1S/C14H21FN2O/c1-9-10(15)7-6-8-11(9)17-12(18)13(2,3)14(4,5)16/h6-8H,16H2,1-5H3,(H,17,18). The molecular weight excluding hydrogens is 231 g/mol. The lowest BCUT2D eigenvalue weighted by molar-refractivity contribution is -0.126. The third kappa shape index (κ3) is 2.70. The minimum absolute atomic E-state index is 0.219. The third-order valence-corrected chi connectivity index (χ3v) is 3.69. The Morgan fingerprint density at radius 1 is 1.28 bits per heavy atom. The number of hydrogen-bond donors (Lipinski definition) is 2. The maximum absolute atomic E-state index is 13.4. The summed E-state index contributed by atoms with van der Waals surface area (Å²) in [5, 5.41) is 2.74. The second-order valence-electron chi connectivity index (χ2n) is 5.71. The van der Waals surface area contributed by atoms with Gasteiger partial charge in [0.05, 0.1) is 5.41 Å². The van der Waals surface area contributed by atoms with Crippen LogP contribution < -0.4 is 11.1 Å². The molecule has 0 fully saturated rings. The third-order valence-electron chi connectivity index (χ3n) is 3.69. The first-order valence-corrected chi connectivity index (χ1v) is 5.93. The highest BCUT2D eigenvalue weighted by atomic mass is 19.1. The van der Waals surface area contributed by atoms with Crippen molar-refractivity contribution in [2.24, 2.45) is 11.1 Å². The number of hydrogen-bond acceptors (Lipinski definition) is 2. The van der Waals surface area contributed by atoms with Crippen LogP contribution in [0.15, 0.2) is 18.2 Å². The summed E-state index contributed by atoms with van der Waals surface area (Å²) in [6.45, 7) is 8.77. The molecule has 0 heterocycles. The Bertz CT molecular complexity index is 461. The Morgan fingerprint density at radius 2 is 1.83 bits per heavy atom. The van der Waals surface area contributed by atoms with Gasteiger partial charge in [0.1, 0.15) is 5.82 Å². The molecule has 1 amide bonds. The van der Waals surface area contributed by atoms with E-state index in [1.54, 1.807) is 46.8 Å². The number of benzene rings is 1. The molecule has 0 unspecified atom stereocenters. The van der Waals surface area contributed by atoms with Crippen LogP contribution in [0.1, 0.15) is 33.3 Å². The van der Waals surface area contributed by atoms with E-state index in [0.717, 1.165) is 0 Å². The van der Waals surface area contributed by atoms with Gasteiger partial charge < -0.3 is 11.1 Å². The lowest BCUT2D eigenvalue weighted by Gasteiger charge is -2.37. The van der Waals surface area contributed by atoms with Crippen LogP contribution >= 0.6 is 0 Å². The fourth-order valence-electron chi connectivity index (χ4n) is 1.31. The molecule has 18 heavy (non-hydrogen) atoms. The molecule has 0 atom stereocenters. The van der Waals surface area contributed by atoms with Gasteiger partial charge in [-0.2, -0.15) is 0 Å². The maximum Gasteiger partial charge on any atom is 0.231 e. The van der Waals surface area contributed by atoms with Gasteiger partial charge in [-0.3, -0.25) is 4.79 Å². The quantitative estimate of drug-likeness (QED) is 0.869. The van der Waals surface area contributed by atoms with E-state index >= 15 is 0 Å². The highest BCUT2D eigenvalue weighted by Crippen LogP contribution is 2.30. The second-order valence-corrected chi connectivity index (χ2v) is 5.71. The van der Waals surface area contributed by atoms with Crippen molar-refractivity contribution < 1.29 is 9.18 Å². The van der Waals surface area contributed by atoms with E-state index < -0.39 is 11.0 Å². The molecule has 0 aliphatic carbocycles. The lowest BCUT2D eigenvalue weighted by atomic mass is 9.74. The first kappa shape index (κ1) is 14.6. The van der Waals surface area contributed by atoms with Crippen LogP contribution in [0.5, 0.6) is 0 Å². The molecule has 0 saturated heterocycles. The van der Waals surface area contributed by atoms with E-state index in [2.05, 4.69) is 5.32 Å². The summed E-state index contributed by atoms with van der Waals surface area (Å²) in [6, 6.07) is 4.61. The SMILES string of the molecule is Cc1c(F)cccc1NC(=O)C(C)(C)C(C)(C)N. The van der Waals surface area contributed by atoms with Crippen molar-refractivity contribution >= 4 is 11.6 Å². The number of nitrogens with one attached hydrogen (secondary N) is 1. The Kier molecular flexibility index (Phi) is 3.81. The Morgan fingerprint density at radius 3 is 2.33 bits per heavy atom. The Hall–Kier alpha value is -1.42. The van der Waals surface area contributed by atoms with Crippen LogP contribution in [0.2, 0.25) is 0 Å². The summed E-state index contributed by atoms with van der Waals surface area (Å²) in [6.07, 6.45) is 0. The van der Waals surface area contributed by atoms with Crippen molar-refractivity contribution in [3.05, 3.63) is 29.6 Å². The first-order valence-electron chi connectivity index (χ1n) is 5.93. The first-order chi connectivity index (χ1) is 8.07. The van der Waals surface area contributed by atoms with E-state index in [9.17, 15) is 9.18 Å². The highest BCUT2D eigenvalue weighted by molar-refractivity contribution is 5.96. The average Bonchev–Trinajstić information content (AvgIpc) is 2.23. The fourth-order valence-corrected chi connectivity index (χ4v) is 1.31. The van der Waals surface area contributed by atoms with Gasteiger partial charge in [-0.05, 0) is 46.8 Å². The largest absolute Gasteiger partial charge is 0.325 e. The zero-order valence-corrected chi connectivity index (χ0v) is 11.6. The molecule has 0 aliphatic heterocycles. The number of carbonyl (C=O) groups is 1. The summed E-state index contributed by atoms with van der Waals surface area (Å²) in [5.41, 5.74) is 5.49. The lowest BCUT2D eigenvalue weighted by Crippen LogP contribution is -2.53. The summed E-state index contributed by atoms with van der Waals surface area (Å²) >= 11 is 0. The minimum Gasteiger partial charge on any atom is -0.325 e. The molecule has 0 bridgehead atoms. The Balaban J connectivity index is 2.99. The number of anilines is 1. The molecule has 4 heteroatoms. The van der Waals surface area contributed by atoms with Gasteiger partial charge in [-0.1, -0.05) is 6.07 Å². The van der Waals surface area contributed by atoms with Crippen LogP contribution in [-0.2, 0) is 4.79 Å². The van der Waals surface area contributed by atoms with Crippen molar-refractivity contribution in [1.29, 1.82) is 0 Å². The van der Waals surface area contributed by atoms with Gasteiger partial charge in [0.25, 0.3) is 0 Å². The summed E-state index contributed by atoms with van der Waals surface area (Å²) in [7, 11) is 0. The number of halogens is 1. The van der Waals surface area contributed by atoms with Crippen LogP contribution in [0.25, 0.3) is 0 Å². The molecule has 1 aromatic rings. The van der Waals surface area contributed by atoms with Crippen LogP contribution in [-0.4, -0.2) is 11.4 Å². The zero-order chi connectivity index (χ0) is 14.1. The molecule has 1 rings (SSSR count). The summed E-state index contributed by atoms with van der Waals surface area (Å²) in [5.74, 6) is -0.554. The van der Waals surface area contributed by atoms with Crippen molar-refractivity contribution in [3.8, 4) is 0 Å². The molecule has 0 spiro atoms. The number of carbonyl (C=O) groups excluding carboxylic acids is 1. The number of nitrogens with two attached hydrogens (primary N) is 1. The number of amides is 1. The van der Waals surface area contributed by atoms with Crippen molar-refractivity contribution in [3.63, 3.8) is 0 Å². The molecule has 0 aromatic heterocycles. The Labute approximate surface area is 108 Å². The van der Waals surface area contributed by atoms with Crippen molar-refractivity contribution in [2.75, 3.05) is 5.32 Å². The normalized spacial score (nSPS) is 12.4. The summed E-state index contributed by atoms with van der Waals surface area (Å²) < 4.78 is 13.4. The fraction of sp³-hybridized carbons (Fsp3) is 0.500. The smallest absolute Gasteiger partial charge is 0.231 e. The van der Waals surface area contributed by atoms with Gasteiger partial charge in [0.15, 0.2) is 0 Å². The van der Waals surface area contributed by atoms with E-state index in [1.807, 2.05) is 0 Å². The van der Waals surface area contributed by atoms with Crippen LogP contribution in [0.3, 0.4) is 0 Å². The molecule has 0 aliphatic rings. The van der Waals surface area contributed by atoms with E-state index in [-0.39, 0.29) is 11.7 Å². The number of rotatable bonds is 3. The van der Waals surface area contributed by atoms with E-state index in [1.165, 1.54) is 6.07 Å². The van der Waals surface area contributed by atoms with Gasteiger partial charge in [0, 0.05) is 16.8 Å². The van der Waals surface area contributed by atoms with Crippen molar-refractivity contribution in [2.45, 2.75) is 40.2 Å². The van der Waals surface area contributed by atoms with Gasteiger partial charge in [-0.15, -0.1) is 0 Å². The molecule has 3 N–H and O–H groups in total. The van der Waals surface area contributed by atoms with Gasteiger partial charge in [-0.25, -0.2) is 4.39 Å². The van der Waals surface area contributed by atoms with Crippen molar-refractivity contribution in [1.82, 2.24) is 0 Å². The predicted molar refractivity (Wildman–Crippen MR) is 71.8 cm³/mol. The molecule has 1 aromatic carbocycles. The molecule has 0 radical (unpaired) electrons. The zero-order valence-electron chi connectivity index (χ0n) is 11.6. The average molecular weight is 252 g/mol. The maximum atomic E-state index is 13.4. The van der Waals surface area contributed by atoms with Gasteiger partial charge in [0.2, 0.25) is 5.91 Å².